The number of halogens is 3. The third-order valence-corrected chi connectivity index (χ3v) is 10.5. The molecule has 51 heavy (non-hydrogen) atoms. The minimum absolute atomic E-state index is 0.630. The van der Waals surface area contributed by atoms with Gasteiger partial charge in [-0.15, -0.1) is 0 Å². The van der Waals surface area contributed by atoms with Crippen LogP contribution in [0.25, 0.3) is 76.5 Å². The van der Waals surface area contributed by atoms with Crippen molar-refractivity contribution in [2.24, 2.45) is 0 Å². The van der Waals surface area contributed by atoms with E-state index in [0.29, 0.717) is 0 Å². The minimum Gasteiger partial charge on any atom is -0.455 e. The number of rotatable bonds is 3. The third kappa shape index (κ3) is 4.85. The van der Waals surface area contributed by atoms with Crippen molar-refractivity contribution in [3.05, 3.63) is 168 Å². The summed E-state index contributed by atoms with van der Waals surface area (Å²) in [4.78, 5) is 0. The van der Waals surface area contributed by atoms with Gasteiger partial charge < -0.3 is 4.74 Å². The van der Waals surface area contributed by atoms with Crippen molar-refractivity contribution in [2.75, 3.05) is 0 Å². The number of allylic oxidation sites excluding steroid dienone is 4. The number of ether oxygens (including phenoxy) is 1. The predicted molar refractivity (Wildman–Crippen MR) is 204 cm³/mol. The molecule has 1 heterocycles. The second kappa shape index (κ2) is 11.2. The maximum absolute atomic E-state index is 13.1. The smallest absolute Gasteiger partial charge is 0.416 e. The molecule has 4 heteroatoms. The minimum atomic E-state index is -4.34. The Morgan fingerprint density at radius 3 is 1.94 bits per heavy atom. The Morgan fingerprint density at radius 2 is 1.14 bits per heavy atom. The fourth-order valence-electron chi connectivity index (χ4n) is 8.05. The van der Waals surface area contributed by atoms with Crippen molar-refractivity contribution in [1.29, 1.82) is 0 Å². The Morgan fingerprint density at radius 1 is 0.510 bits per heavy atom. The van der Waals surface area contributed by atoms with E-state index < -0.39 is 11.7 Å². The second-order valence-corrected chi connectivity index (χ2v) is 13.5. The highest BCUT2D eigenvalue weighted by Gasteiger charge is 2.30. The van der Waals surface area contributed by atoms with Crippen LogP contribution in [0.15, 0.2) is 152 Å². The normalized spacial score (nSPS) is 14.0. The van der Waals surface area contributed by atoms with Crippen LogP contribution in [0.3, 0.4) is 0 Å². The average molecular weight is 667 g/mol. The number of hydrogen-bond donors (Lipinski definition) is 0. The fourth-order valence-corrected chi connectivity index (χ4v) is 8.05. The van der Waals surface area contributed by atoms with E-state index in [9.17, 15) is 13.2 Å². The maximum Gasteiger partial charge on any atom is 0.416 e. The van der Waals surface area contributed by atoms with E-state index in [4.69, 9.17) is 4.74 Å². The zero-order chi connectivity index (χ0) is 34.3. The molecule has 1 aliphatic heterocycles. The third-order valence-electron chi connectivity index (χ3n) is 10.5. The molecule has 2 aliphatic rings. The summed E-state index contributed by atoms with van der Waals surface area (Å²) < 4.78 is 46.1. The number of fused-ring (bicyclic) bond motifs is 7. The molecule has 0 saturated heterocycles. The monoisotopic (exact) mass is 666 g/mol. The molecule has 0 bridgehead atoms. The highest BCUT2D eigenvalue weighted by Crippen LogP contribution is 2.52. The summed E-state index contributed by atoms with van der Waals surface area (Å²) >= 11 is 0. The van der Waals surface area contributed by atoms with Gasteiger partial charge in [-0.2, -0.15) is 13.2 Å². The summed E-state index contributed by atoms with van der Waals surface area (Å²) in [6.07, 6.45) is 1.60. The van der Waals surface area contributed by atoms with E-state index in [1.54, 1.807) is 12.1 Å². The zero-order valence-corrected chi connectivity index (χ0v) is 27.4. The van der Waals surface area contributed by atoms with Gasteiger partial charge in [-0.3, -0.25) is 0 Å². The van der Waals surface area contributed by atoms with Crippen LogP contribution in [-0.4, -0.2) is 0 Å². The number of hydrogen-bond acceptors (Lipinski definition) is 1. The number of para-hydroxylation sites is 1. The standard InChI is InChI=1S/C47H29F3O/c48-47(49,50)36-20-16-28(17-21-36)29-7-3-8-30(24-29)31-18-22-38-33(25-31)14-15-34-26-35(19-23-39(34)38)40-10-4-13-43-42-12-5-11-41-37-9-2-1-6-32(37)27-44(45(41)42)51-46(40)43/h1-2,4-7,9-27H,3,8H2. The van der Waals surface area contributed by atoms with Crippen LogP contribution in [0, 0.1) is 0 Å². The van der Waals surface area contributed by atoms with Crippen LogP contribution in [0.1, 0.15) is 29.5 Å². The first kappa shape index (κ1) is 29.8. The summed E-state index contributed by atoms with van der Waals surface area (Å²) in [5.74, 6) is 1.76. The molecular weight excluding hydrogens is 638 g/mol. The molecular formula is C47H29F3O. The Balaban J connectivity index is 1.01. The summed E-state index contributed by atoms with van der Waals surface area (Å²) in [7, 11) is 0. The SMILES string of the molecule is FC(F)(F)c1ccc(C2=CCCC(c3ccc4c(ccc5cc(-c6cccc7c6Oc6cc8ccccc8c8cccc-7c68)ccc54)c3)=C2)cc1. The topological polar surface area (TPSA) is 9.23 Å². The van der Waals surface area contributed by atoms with E-state index in [-0.39, 0.29) is 0 Å². The van der Waals surface area contributed by atoms with Gasteiger partial charge in [0.1, 0.15) is 11.5 Å². The van der Waals surface area contributed by atoms with Gasteiger partial charge in [0.05, 0.1) is 5.56 Å². The maximum atomic E-state index is 13.1. The van der Waals surface area contributed by atoms with Crippen LogP contribution in [0.5, 0.6) is 11.5 Å². The summed E-state index contributed by atoms with van der Waals surface area (Å²) in [6, 6.07) is 46.6. The van der Waals surface area contributed by atoms with Gasteiger partial charge in [-0.1, -0.05) is 121 Å². The highest BCUT2D eigenvalue weighted by atomic mass is 19.4. The van der Waals surface area contributed by atoms with E-state index in [1.165, 1.54) is 32.7 Å². The fraction of sp³-hybridized carbons (Fsp3) is 0.0638. The van der Waals surface area contributed by atoms with Gasteiger partial charge in [-0.05, 0) is 114 Å². The van der Waals surface area contributed by atoms with Crippen LogP contribution in [0.2, 0.25) is 0 Å². The van der Waals surface area contributed by atoms with Gasteiger partial charge in [0, 0.05) is 16.5 Å². The van der Waals surface area contributed by atoms with Crippen LogP contribution in [-0.2, 0) is 6.18 Å². The van der Waals surface area contributed by atoms with E-state index in [0.717, 1.165) is 91.4 Å². The first-order chi connectivity index (χ1) is 24.9. The van der Waals surface area contributed by atoms with Crippen molar-refractivity contribution in [3.8, 4) is 33.8 Å². The lowest BCUT2D eigenvalue weighted by Gasteiger charge is -2.24. The van der Waals surface area contributed by atoms with Gasteiger partial charge in [-0.25, -0.2) is 0 Å². The van der Waals surface area contributed by atoms with Crippen molar-refractivity contribution in [3.63, 3.8) is 0 Å². The van der Waals surface area contributed by atoms with Crippen molar-refractivity contribution < 1.29 is 17.9 Å². The molecule has 0 spiro atoms. The lowest BCUT2D eigenvalue weighted by atomic mass is 9.88. The molecule has 8 aromatic rings. The summed E-state index contributed by atoms with van der Waals surface area (Å²) in [6.45, 7) is 0. The quantitative estimate of drug-likeness (QED) is 0.171. The molecule has 0 atom stereocenters. The molecule has 244 valence electrons. The van der Waals surface area contributed by atoms with Gasteiger partial charge >= 0.3 is 6.18 Å². The van der Waals surface area contributed by atoms with Crippen LogP contribution in [0.4, 0.5) is 13.2 Å². The van der Waals surface area contributed by atoms with E-state index in [1.807, 2.05) is 0 Å². The molecule has 0 amide bonds. The Bertz CT molecular complexity index is 2800. The molecule has 0 saturated carbocycles. The molecule has 8 aromatic carbocycles. The molecule has 0 fully saturated rings. The van der Waals surface area contributed by atoms with Crippen LogP contribution >= 0.6 is 0 Å². The van der Waals surface area contributed by atoms with Gasteiger partial charge in [0.15, 0.2) is 0 Å². The molecule has 10 rings (SSSR count). The lowest BCUT2D eigenvalue weighted by molar-refractivity contribution is -0.137. The Hall–Kier alpha value is -6.13. The van der Waals surface area contributed by atoms with Crippen molar-refractivity contribution in [1.82, 2.24) is 0 Å². The Labute approximate surface area is 292 Å². The molecule has 0 unspecified atom stereocenters. The molecule has 0 N–H and O–H groups in total. The first-order valence-corrected chi connectivity index (χ1v) is 17.2. The average Bonchev–Trinajstić information content (AvgIpc) is 3.17. The van der Waals surface area contributed by atoms with Crippen molar-refractivity contribution in [2.45, 2.75) is 19.0 Å². The molecule has 0 radical (unpaired) electrons. The zero-order valence-electron chi connectivity index (χ0n) is 27.4. The Kier molecular flexibility index (Phi) is 6.53. The lowest BCUT2D eigenvalue weighted by Crippen LogP contribution is -2.04. The van der Waals surface area contributed by atoms with Gasteiger partial charge in [0.2, 0.25) is 0 Å². The summed E-state index contributed by atoms with van der Waals surface area (Å²) in [5, 5.41) is 9.40. The molecule has 0 aromatic heterocycles. The van der Waals surface area contributed by atoms with E-state index >= 15 is 0 Å². The first-order valence-electron chi connectivity index (χ1n) is 17.2. The number of alkyl halides is 3. The number of benzene rings is 8. The summed E-state index contributed by atoms with van der Waals surface area (Å²) in [5.41, 5.74) is 7.88. The molecule has 1 aliphatic carbocycles. The predicted octanol–water partition coefficient (Wildman–Crippen LogP) is 14.0. The van der Waals surface area contributed by atoms with Crippen LogP contribution < -0.4 is 4.74 Å². The molecule has 1 nitrogen and oxygen atoms in total. The van der Waals surface area contributed by atoms with E-state index in [2.05, 4.69) is 127 Å². The highest BCUT2D eigenvalue weighted by molar-refractivity contribution is 6.17. The van der Waals surface area contributed by atoms with Crippen molar-refractivity contribution >= 4 is 54.2 Å². The largest absolute Gasteiger partial charge is 0.455 e. The van der Waals surface area contributed by atoms with Gasteiger partial charge in [0.25, 0.3) is 0 Å². The second-order valence-electron chi connectivity index (χ2n) is 13.5.